The first-order valence-electron chi connectivity index (χ1n) is 17.5. The fourth-order valence-electron chi connectivity index (χ4n) is 9.62. The van der Waals surface area contributed by atoms with Gasteiger partial charge in [-0.3, -0.25) is 0 Å². The van der Waals surface area contributed by atoms with Crippen molar-refractivity contribution in [2.45, 2.75) is 17.8 Å². The van der Waals surface area contributed by atoms with E-state index < -0.39 is 5.41 Å². The molecule has 3 aliphatic rings. The van der Waals surface area contributed by atoms with Crippen molar-refractivity contribution in [2.24, 2.45) is 0 Å². The Morgan fingerprint density at radius 3 is 1.78 bits per heavy atom. The van der Waals surface area contributed by atoms with E-state index in [0.717, 1.165) is 17.1 Å². The third kappa shape index (κ3) is 3.42. The van der Waals surface area contributed by atoms with E-state index >= 15 is 0 Å². The van der Waals surface area contributed by atoms with E-state index in [2.05, 4.69) is 183 Å². The van der Waals surface area contributed by atoms with Crippen LogP contribution in [0, 0.1) is 0 Å². The average Bonchev–Trinajstić information content (AvgIpc) is 3.65. The van der Waals surface area contributed by atoms with Crippen LogP contribution in [0.3, 0.4) is 0 Å². The largest absolute Gasteiger partial charge is 0.457 e. The quantitative estimate of drug-likeness (QED) is 0.183. The predicted octanol–water partition coefficient (Wildman–Crippen LogP) is 12.3. The van der Waals surface area contributed by atoms with Crippen molar-refractivity contribution in [2.75, 3.05) is 0 Å². The van der Waals surface area contributed by atoms with Crippen LogP contribution in [0.1, 0.15) is 45.9 Å². The molecule has 11 rings (SSSR count). The Labute approximate surface area is 292 Å². The van der Waals surface area contributed by atoms with Gasteiger partial charge in [-0.2, -0.15) is 0 Å². The third-order valence-electron chi connectivity index (χ3n) is 11.8. The molecule has 234 valence electrons. The number of para-hydroxylation sites is 1. The monoisotopic (exact) mass is 636 g/mol. The highest BCUT2D eigenvalue weighted by Crippen LogP contribution is 2.64. The average molecular weight is 637 g/mol. The second-order valence-electron chi connectivity index (χ2n) is 14.1. The second kappa shape index (κ2) is 9.94. The molecule has 2 atom stereocenters. The summed E-state index contributed by atoms with van der Waals surface area (Å²) in [5.74, 6) is 1.83. The van der Waals surface area contributed by atoms with Crippen LogP contribution < -0.4 is 4.74 Å². The SMILES string of the molecule is CC1(c2ccccc2)c2ccccc2Oc2cc(-c3ccc4c(c3)-c3ccccc3C43c4ccccc4-c4ccc5ccccc5c43)ccc21. The first kappa shape index (κ1) is 27.7. The second-order valence-corrected chi connectivity index (χ2v) is 14.1. The molecular weight excluding hydrogens is 605 g/mol. The minimum Gasteiger partial charge on any atom is -0.457 e. The summed E-state index contributed by atoms with van der Waals surface area (Å²) in [5.41, 5.74) is 16.0. The lowest BCUT2D eigenvalue weighted by atomic mass is 9.69. The maximum atomic E-state index is 6.70. The van der Waals surface area contributed by atoms with Gasteiger partial charge in [-0.1, -0.05) is 158 Å². The molecule has 0 saturated carbocycles. The van der Waals surface area contributed by atoms with Gasteiger partial charge in [0, 0.05) is 16.5 Å². The molecule has 1 spiro atoms. The molecule has 0 N–H and O–H groups in total. The van der Waals surface area contributed by atoms with Gasteiger partial charge in [-0.15, -0.1) is 0 Å². The van der Waals surface area contributed by atoms with Gasteiger partial charge in [-0.25, -0.2) is 0 Å². The van der Waals surface area contributed by atoms with Crippen molar-refractivity contribution in [3.05, 3.63) is 215 Å². The molecule has 0 amide bonds. The lowest BCUT2D eigenvalue weighted by molar-refractivity contribution is 0.427. The van der Waals surface area contributed by atoms with E-state index in [1.165, 1.54) is 77.5 Å². The van der Waals surface area contributed by atoms with Crippen molar-refractivity contribution in [3.8, 4) is 44.9 Å². The zero-order valence-corrected chi connectivity index (χ0v) is 27.7. The van der Waals surface area contributed by atoms with E-state index in [4.69, 9.17) is 4.74 Å². The molecule has 2 unspecified atom stereocenters. The Bertz CT molecular complexity index is 2700. The Kier molecular flexibility index (Phi) is 5.51. The summed E-state index contributed by atoms with van der Waals surface area (Å²) >= 11 is 0. The fraction of sp³-hybridized carbons (Fsp3) is 0.0612. The number of rotatable bonds is 2. The Morgan fingerprint density at radius 2 is 0.980 bits per heavy atom. The van der Waals surface area contributed by atoms with Gasteiger partial charge in [0.2, 0.25) is 0 Å². The Morgan fingerprint density at radius 1 is 0.400 bits per heavy atom. The first-order valence-corrected chi connectivity index (χ1v) is 17.5. The highest BCUT2D eigenvalue weighted by Gasteiger charge is 2.52. The minimum absolute atomic E-state index is 0.334. The minimum atomic E-state index is -0.391. The molecule has 1 heterocycles. The molecule has 2 aliphatic carbocycles. The molecule has 1 nitrogen and oxygen atoms in total. The van der Waals surface area contributed by atoms with Crippen LogP contribution in [0.2, 0.25) is 0 Å². The fourth-order valence-corrected chi connectivity index (χ4v) is 9.62. The lowest BCUT2D eigenvalue weighted by Crippen LogP contribution is -2.29. The Hall–Kier alpha value is -6.18. The van der Waals surface area contributed by atoms with Crippen LogP contribution in [-0.2, 0) is 10.8 Å². The predicted molar refractivity (Wildman–Crippen MR) is 204 cm³/mol. The molecule has 1 heteroatoms. The van der Waals surface area contributed by atoms with Gasteiger partial charge in [0.1, 0.15) is 11.5 Å². The summed E-state index contributed by atoms with van der Waals surface area (Å²) in [6.07, 6.45) is 0. The highest BCUT2D eigenvalue weighted by atomic mass is 16.5. The normalized spacial score (nSPS) is 18.8. The lowest BCUT2D eigenvalue weighted by Gasteiger charge is -2.38. The molecule has 0 saturated heterocycles. The molecule has 0 aromatic heterocycles. The topological polar surface area (TPSA) is 9.23 Å². The van der Waals surface area contributed by atoms with E-state index in [1.807, 2.05) is 0 Å². The molecule has 1 aliphatic heterocycles. The van der Waals surface area contributed by atoms with Crippen molar-refractivity contribution < 1.29 is 4.74 Å². The van der Waals surface area contributed by atoms with E-state index in [1.54, 1.807) is 0 Å². The molecular formula is C49H32O. The van der Waals surface area contributed by atoms with E-state index in [0.29, 0.717) is 0 Å². The zero-order chi connectivity index (χ0) is 33.0. The summed E-state index contributed by atoms with van der Waals surface area (Å²) in [5, 5.41) is 2.60. The smallest absolute Gasteiger partial charge is 0.132 e. The number of benzene rings is 8. The summed E-state index contributed by atoms with van der Waals surface area (Å²) in [6, 6.07) is 64.9. The summed E-state index contributed by atoms with van der Waals surface area (Å²) in [7, 11) is 0. The van der Waals surface area contributed by atoms with Gasteiger partial charge in [0.15, 0.2) is 0 Å². The molecule has 0 fully saturated rings. The third-order valence-corrected chi connectivity index (χ3v) is 11.8. The summed E-state index contributed by atoms with van der Waals surface area (Å²) in [6.45, 7) is 2.33. The zero-order valence-electron chi connectivity index (χ0n) is 27.7. The maximum absolute atomic E-state index is 6.70. The van der Waals surface area contributed by atoms with Crippen LogP contribution in [-0.4, -0.2) is 0 Å². The van der Waals surface area contributed by atoms with Crippen molar-refractivity contribution in [1.82, 2.24) is 0 Å². The van der Waals surface area contributed by atoms with E-state index in [-0.39, 0.29) is 5.41 Å². The van der Waals surface area contributed by atoms with Crippen molar-refractivity contribution >= 4 is 10.8 Å². The molecule has 8 aromatic rings. The Balaban J connectivity index is 1.13. The van der Waals surface area contributed by atoms with Gasteiger partial charge < -0.3 is 4.74 Å². The van der Waals surface area contributed by atoms with E-state index in [9.17, 15) is 0 Å². The van der Waals surface area contributed by atoms with Crippen LogP contribution in [0.25, 0.3) is 44.2 Å². The molecule has 0 bridgehead atoms. The molecule has 50 heavy (non-hydrogen) atoms. The van der Waals surface area contributed by atoms with Gasteiger partial charge in [-0.05, 0) is 97.1 Å². The number of hydrogen-bond acceptors (Lipinski definition) is 1. The molecule has 0 radical (unpaired) electrons. The number of hydrogen-bond donors (Lipinski definition) is 0. The summed E-state index contributed by atoms with van der Waals surface area (Å²) in [4.78, 5) is 0. The van der Waals surface area contributed by atoms with Gasteiger partial charge in [0.05, 0.1) is 5.41 Å². The number of ether oxygens (including phenoxy) is 1. The summed E-state index contributed by atoms with van der Waals surface area (Å²) < 4.78 is 6.70. The number of fused-ring (bicyclic) bond motifs is 14. The van der Waals surface area contributed by atoms with Crippen LogP contribution in [0.15, 0.2) is 176 Å². The first-order chi connectivity index (χ1) is 24.7. The van der Waals surface area contributed by atoms with Gasteiger partial charge >= 0.3 is 0 Å². The van der Waals surface area contributed by atoms with Crippen molar-refractivity contribution in [3.63, 3.8) is 0 Å². The van der Waals surface area contributed by atoms with Crippen LogP contribution in [0.5, 0.6) is 11.5 Å². The van der Waals surface area contributed by atoms with Gasteiger partial charge in [0.25, 0.3) is 0 Å². The van der Waals surface area contributed by atoms with Crippen LogP contribution in [0.4, 0.5) is 0 Å². The van der Waals surface area contributed by atoms with Crippen LogP contribution >= 0.6 is 0 Å². The van der Waals surface area contributed by atoms with Crippen molar-refractivity contribution in [1.29, 1.82) is 0 Å². The molecule has 8 aromatic carbocycles. The maximum Gasteiger partial charge on any atom is 0.132 e. The standard InChI is InChI=1S/C49H32O/c1-48(34-14-3-2-4-15-34)43-21-11-12-22-45(43)50-46-30-33(25-28-44(46)48)32-24-27-42-39(29-32)37-18-8-10-20-41(37)49(42)40-19-9-7-17-36(40)38-26-23-31-13-5-6-16-35(31)47(38)49/h2-30H,1H3. The highest BCUT2D eigenvalue weighted by molar-refractivity contribution is 6.04.